The Kier molecular flexibility index (Phi) is 4.41. The molecular formula is C17H11F4NO. The van der Waals surface area contributed by atoms with Crippen LogP contribution in [0.15, 0.2) is 36.4 Å². The largest absolute Gasteiger partial charge is 0.416 e. The molecule has 0 spiro atoms. The Morgan fingerprint density at radius 1 is 1.17 bits per heavy atom. The molecule has 1 amide bonds. The summed E-state index contributed by atoms with van der Waals surface area (Å²) >= 11 is 0. The summed E-state index contributed by atoms with van der Waals surface area (Å²) in [6.45, 7) is 1.78. The summed E-state index contributed by atoms with van der Waals surface area (Å²) in [7, 11) is 0. The number of hydrogen-bond acceptors (Lipinski definition) is 1. The van der Waals surface area contributed by atoms with Crippen LogP contribution in [0, 0.1) is 25.1 Å². The lowest BCUT2D eigenvalue weighted by molar-refractivity contribution is -0.137. The summed E-state index contributed by atoms with van der Waals surface area (Å²) in [6.07, 6.45) is 0.573. The summed E-state index contributed by atoms with van der Waals surface area (Å²) in [5.74, 6) is 0.427. The summed E-state index contributed by atoms with van der Waals surface area (Å²) in [4.78, 5) is 12.0. The van der Waals surface area contributed by atoms with Gasteiger partial charge in [0.15, 0.2) is 0 Å². The van der Waals surface area contributed by atoms with E-state index in [1.807, 2.05) is 0 Å². The highest BCUT2D eigenvalue weighted by atomic mass is 19.4. The summed E-state index contributed by atoms with van der Waals surface area (Å²) in [6, 6.07) is 6.39. The fourth-order valence-corrected chi connectivity index (χ4v) is 1.94. The molecule has 0 fully saturated rings. The first kappa shape index (κ1) is 16.6. The SMILES string of the molecule is C#Cc1cc(NC(=O)c2cc(F)cc(C(F)(F)F)c2)ccc1C. The molecule has 0 aromatic heterocycles. The Hall–Kier alpha value is -2.81. The van der Waals surface area contributed by atoms with Crippen LogP contribution < -0.4 is 5.32 Å². The molecule has 0 radical (unpaired) electrons. The van der Waals surface area contributed by atoms with Gasteiger partial charge in [0.05, 0.1) is 5.56 Å². The van der Waals surface area contributed by atoms with E-state index >= 15 is 0 Å². The first-order chi connectivity index (χ1) is 10.7. The molecule has 118 valence electrons. The zero-order chi connectivity index (χ0) is 17.2. The predicted molar refractivity (Wildman–Crippen MR) is 78.5 cm³/mol. The number of rotatable bonds is 2. The van der Waals surface area contributed by atoms with Crippen LogP contribution in [-0.2, 0) is 6.18 Å². The molecule has 0 heterocycles. The van der Waals surface area contributed by atoms with Gasteiger partial charge in [-0.15, -0.1) is 6.42 Å². The Balaban J connectivity index is 2.31. The van der Waals surface area contributed by atoms with Crippen LogP contribution in [0.4, 0.5) is 23.2 Å². The van der Waals surface area contributed by atoms with Crippen molar-refractivity contribution in [2.24, 2.45) is 0 Å². The first-order valence-corrected chi connectivity index (χ1v) is 6.47. The standard InChI is InChI=1S/C17H11F4NO/c1-3-11-8-15(5-4-10(11)2)22-16(23)12-6-13(17(19,20)21)9-14(18)7-12/h1,4-9H,2H3,(H,22,23). The molecule has 0 aliphatic rings. The fourth-order valence-electron chi connectivity index (χ4n) is 1.94. The number of carbonyl (C=O) groups excluding carboxylic acids is 1. The molecular weight excluding hydrogens is 310 g/mol. The van der Waals surface area contributed by atoms with E-state index in [1.165, 1.54) is 6.07 Å². The minimum Gasteiger partial charge on any atom is -0.322 e. The van der Waals surface area contributed by atoms with Crippen LogP contribution >= 0.6 is 0 Å². The van der Waals surface area contributed by atoms with E-state index in [0.29, 0.717) is 23.4 Å². The third-order valence-electron chi connectivity index (χ3n) is 3.14. The van der Waals surface area contributed by atoms with Crippen LogP contribution in [0.1, 0.15) is 27.0 Å². The molecule has 0 aliphatic heterocycles. The summed E-state index contributed by atoms with van der Waals surface area (Å²) in [5, 5.41) is 2.40. The maximum absolute atomic E-state index is 13.3. The fraction of sp³-hybridized carbons (Fsp3) is 0.118. The summed E-state index contributed by atoms with van der Waals surface area (Å²) < 4.78 is 51.3. The number of carbonyl (C=O) groups is 1. The number of hydrogen-bond donors (Lipinski definition) is 1. The average molecular weight is 321 g/mol. The lowest BCUT2D eigenvalue weighted by atomic mass is 10.1. The lowest BCUT2D eigenvalue weighted by Gasteiger charge is -2.10. The van der Waals surface area contributed by atoms with Crippen molar-refractivity contribution in [3.63, 3.8) is 0 Å². The molecule has 6 heteroatoms. The Labute approximate surface area is 130 Å². The van der Waals surface area contributed by atoms with Gasteiger partial charge in [-0.2, -0.15) is 13.2 Å². The summed E-state index contributed by atoms with van der Waals surface area (Å²) in [5.41, 5.74) is 0.0102. The van der Waals surface area contributed by atoms with E-state index in [-0.39, 0.29) is 0 Å². The predicted octanol–water partition coefficient (Wildman–Crippen LogP) is 4.39. The number of halogens is 4. The van der Waals surface area contributed by atoms with Crippen molar-refractivity contribution in [3.05, 3.63) is 64.5 Å². The molecule has 0 aliphatic carbocycles. The van der Waals surface area contributed by atoms with Gasteiger partial charge in [0.2, 0.25) is 0 Å². The number of aryl methyl sites for hydroxylation is 1. The normalized spacial score (nSPS) is 11.0. The Bertz CT molecular complexity index is 803. The molecule has 0 saturated heterocycles. The number of nitrogens with one attached hydrogen (secondary N) is 1. The lowest BCUT2D eigenvalue weighted by Crippen LogP contribution is -2.15. The Morgan fingerprint density at radius 2 is 1.87 bits per heavy atom. The average Bonchev–Trinajstić information content (AvgIpc) is 2.47. The van der Waals surface area contributed by atoms with Crippen molar-refractivity contribution in [2.45, 2.75) is 13.1 Å². The maximum Gasteiger partial charge on any atom is 0.416 e. The monoisotopic (exact) mass is 321 g/mol. The van der Waals surface area contributed by atoms with Crippen LogP contribution in [0.3, 0.4) is 0 Å². The number of benzene rings is 2. The first-order valence-electron chi connectivity index (χ1n) is 6.47. The minimum absolute atomic E-state index is 0.311. The van der Waals surface area contributed by atoms with Crippen LogP contribution in [0.25, 0.3) is 0 Å². The van der Waals surface area contributed by atoms with Gasteiger partial charge in [-0.3, -0.25) is 4.79 Å². The van der Waals surface area contributed by atoms with E-state index in [4.69, 9.17) is 6.42 Å². The van der Waals surface area contributed by atoms with Gasteiger partial charge >= 0.3 is 6.18 Å². The van der Waals surface area contributed by atoms with E-state index in [9.17, 15) is 22.4 Å². The second-order valence-electron chi connectivity index (χ2n) is 4.85. The molecule has 2 aromatic carbocycles. The quantitative estimate of drug-likeness (QED) is 0.645. The van der Waals surface area contributed by atoms with Gasteiger partial charge < -0.3 is 5.32 Å². The molecule has 0 saturated carbocycles. The van der Waals surface area contributed by atoms with Gasteiger partial charge in [0.1, 0.15) is 5.82 Å². The smallest absolute Gasteiger partial charge is 0.322 e. The highest BCUT2D eigenvalue weighted by Crippen LogP contribution is 2.30. The van der Waals surface area contributed by atoms with Crippen LogP contribution in [-0.4, -0.2) is 5.91 Å². The number of amides is 1. The van der Waals surface area contributed by atoms with E-state index in [0.717, 1.165) is 11.6 Å². The second-order valence-corrected chi connectivity index (χ2v) is 4.85. The molecule has 23 heavy (non-hydrogen) atoms. The van der Waals surface area contributed by atoms with E-state index in [1.54, 1.807) is 19.1 Å². The zero-order valence-electron chi connectivity index (χ0n) is 12.0. The molecule has 2 rings (SSSR count). The van der Waals surface area contributed by atoms with Crippen LogP contribution in [0.2, 0.25) is 0 Å². The molecule has 2 nitrogen and oxygen atoms in total. The molecule has 0 unspecified atom stereocenters. The highest BCUT2D eigenvalue weighted by molar-refractivity contribution is 6.04. The topological polar surface area (TPSA) is 29.1 Å². The van der Waals surface area contributed by atoms with E-state index < -0.39 is 29.0 Å². The van der Waals surface area contributed by atoms with Crippen molar-refractivity contribution in [1.82, 2.24) is 0 Å². The van der Waals surface area contributed by atoms with Gasteiger partial charge in [-0.25, -0.2) is 4.39 Å². The third-order valence-corrected chi connectivity index (χ3v) is 3.14. The minimum atomic E-state index is -4.74. The van der Waals surface area contributed by atoms with Gasteiger partial charge in [0, 0.05) is 16.8 Å². The number of alkyl halides is 3. The van der Waals surface area contributed by atoms with Gasteiger partial charge in [-0.1, -0.05) is 12.0 Å². The molecule has 2 aromatic rings. The maximum atomic E-state index is 13.3. The molecule has 0 atom stereocenters. The van der Waals surface area contributed by atoms with Crippen molar-refractivity contribution in [3.8, 4) is 12.3 Å². The Morgan fingerprint density at radius 3 is 2.48 bits per heavy atom. The van der Waals surface area contributed by atoms with Crippen LogP contribution in [0.5, 0.6) is 0 Å². The van der Waals surface area contributed by atoms with Gasteiger partial charge in [-0.05, 0) is 42.8 Å². The number of anilines is 1. The molecule has 1 N–H and O–H groups in total. The van der Waals surface area contributed by atoms with E-state index in [2.05, 4.69) is 11.2 Å². The third kappa shape index (κ3) is 3.89. The van der Waals surface area contributed by atoms with Gasteiger partial charge in [0.25, 0.3) is 5.91 Å². The van der Waals surface area contributed by atoms with Crippen molar-refractivity contribution in [1.29, 1.82) is 0 Å². The van der Waals surface area contributed by atoms with Crippen molar-refractivity contribution in [2.75, 3.05) is 5.32 Å². The number of terminal acetylenes is 1. The zero-order valence-corrected chi connectivity index (χ0v) is 12.0. The highest BCUT2D eigenvalue weighted by Gasteiger charge is 2.32. The molecule has 0 bridgehead atoms. The van der Waals surface area contributed by atoms with Crippen molar-refractivity contribution < 1.29 is 22.4 Å². The van der Waals surface area contributed by atoms with Crippen molar-refractivity contribution >= 4 is 11.6 Å². The second kappa shape index (κ2) is 6.13.